The molecule has 1 saturated heterocycles. The van der Waals surface area contributed by atoms with E-state index in [1.165, 1.54) is 0 Å². The van der Waals surface area contributed by atoms with Crippen LogP contribution in [0.15, 0.2) is 24.3 Å². The topological polar surface area (TPSA) is 122 Å². The number of carbonyl (C=O) groups excluding carboxylic acids is 1. The number of ether oxygens (including phenoxy) is 1. The molecular formula is C20H32ClN3O5S. The first-order valence-electron chi connectivity index (χ1n) is 10.0. The molecule has 4 N–H and O–H groups in total. The molecule has 1 heterocycles. The Morgan fingerprint density at radius 3 is 2.70 bits per heavy atom. The van der Waals surface area contributed by atoms with Crippen LogP contribution in [0.25, 0.3) is 0 Å². The van der Waals surface area contributed by atoms with Gasteiger partial charge in [0, 0.05) is 30.6 Å². The van der Waals surface area contributed by atoms with Crippen molar-refractivity contribution in [2.75, 3.05) is 19.6 Å². The Hall–Kier alpha value is -1.39. The number of nitrogens with one attached hydrogen (secondary N) is 1. The van der Waals surface area contributed by atoms with Crippen LogP contribution < -0.4 is 9.86 Å². The lowest BCUT2D eigenvalue weighted by atomic mass is 9.74. The lowest BCUT2D eigenvalue weighted by Gasteiger charge is -2.43. The number of nitrogens with two attached hydrogens (primary N) is 1. The molecule has 1 aliphatic heterocycles. The number of nitrogens with zero attached hydrogens (tertiary/aromatic N) is 1. The maximum atomic E-state index is 12.6. The molecule has 0 aliphatic carbocycles. The Labute approximate surface area is 183 Å². The van der Waals surface area contributed by atoms with E-state index in [1.54, 1.807) is 29.2 Å². The van der Waals surface area contributed by atoms with Crippen LogP contribution in [-0.2, 0) is 20.5 Å². The Balaban J connectivity index is 2.21. The maximum absolute atomic E-state index is 12.6. The summed E-state index contributed by atoms with van der Waals surface area (Å²) in [7, 11) is -3.80. The van der Waals surface area contributed by atoms with Gasteiger partial charge in [0.05, 0.1) is 5.60 Å². The minimum absolute atomic E-state index is 0.101. The minimum Gasteiger partial charge on any atom is -0.444 e. The first kappa shape index (κ1) is 24.9. The first-order chi connectivity index (χ1) is 13.8. The van der Waals surface area contributed by atoms with Crippen molar-refractivity contribution in [1.29, 1.82) is 0 Å². The fourth-order valence-corrected chi connectivity index (χ4v) is 4.39. The molecule has 0 spiro atoms. The molecule has 1 aliphatic rings. The molecule has 0 aromatic heterocycles. The molecular weight excluding hydrogens is 430 g/mol. The quantitative estimate of drug-likeness (QED) is 0.539. The highest BCUT2D eigenvalue weighted by Crippen LogP contribution is 2.40. The van der Waals surface area contributed by atoms with Gasteiger partial charge in [0.2, 0.25) is 0 Å². The van der Waals surface area contributed by atoms with Crippen molar-refractivity contribution in [3.63, 3.8) is 0 Å². The summed E-state index contributed by atoms with van der Waals surface area (Å²) < 4.78 is 30.0. The number of likely N-dealkylation sites (tertiary alicyclic amines) is 1. The van der Waals surface area contributed by atoms with Crippen LogP contribution in [-0.4, -0.2) is 49.8 Å². The Bertz CT molecular complexity index is 843. The lowest BCUT2D eigenvalue weighted by molar-refractivity contribution is -0.0631. The van der Waals surface area contributed by atoms with E-state index in [0.29, 0.717) is 36.5 Å². The third kappa shape index (κ3) is 7.39. The largest absolute Gasteiger partial charge is 0.444 e. The molecule has 10 heteroatoms. The van der Waals surface area contributed by atoms with E-state index < -0.39 is 27.5 Å². The zero-order valence-corrected chi connectivity index (χ0v) is 19.3. The van der Waals surface area contributed by atoms with Crippen LogP contribution in [0.1, 0.15) is 52.0 Å². The Morgan fingerprint density at radius 2 is 2.10 bits per heavy atom. The van der Waals surface area contributed by atoms with E-state index in [4.69, 9.17) is 21.5 Å². The fraction of sp³-hybridized carbons (Fsp3) is 0.650. The second-order valence-corrected chi connectivity index (χ2v) is 10.6. The number of rotatable bonds is 7. The van der Waals surface area contributed by atoms with Gasteiger partial charge in [0.15, 0.2) is 0 Å². The molecule has 1 fully saturated rings. The summed E-state index contributed by atoms with van der Waals surface area (Å²) >= 11 is 6.16. The van der Waals surface area contributed by atoms with Crippen molar-refractivity contribution < 1.29 is 23.1 Å². The smallest absolute Gasteiger partial charge is 0.410 e. The fourth-order valence-electron chi connectivity index (χ4n) is 3.77. The summed E-state index contributed by atoms with van der Waals surface area (Å²) in [5.74, 6) is -0.258. The number of benzene rings is 1. The molecule has 0 saturated carbocycles. The summed E-state index contributed by atoms with van der Waals surface area (Å²) in [5.41, 5.74) is -1.25. The van der Waals surface area contributed by atoms with E-state index in [1.807, 2.05) is 20.8 Å². The molecule has 2 atom stereocenters. The van der Waals surface area contributed by atoms with Crippen LogP contribution in [0.4, 0.5) is 4.79 Å². The van der Waals surface area contributed by atoms with Crippen LogP contribution in [0, 0.1) is 5.92 Å². The summed E-state index contributed by atoms with van der Waals surface area (Å²) in [6.45, 7) is 6.43. The second-order valence-electron chi connectivity index (χ2n) is 8.74. The number of piperidine rings is 1. The number of hydrogen-bond acceptors (Lipinski definition) is 5. The first-order valence-corrected chi connectivity index (χ1v) is 12.0. The molecule has 0 bridgehead atoms. The molecule has 1 aromatic carbocycles. The van der Waals surface area contributed by atoms with E-state index in [9.17, 15) is 18.3 Å². The number of hydrogen-bond donors (Lipinski definition) is 3. The minimum atomic E-state index is -3.80. The van der Waals surface area contributed by atoms with Crippen molar-refractivity contribution in [2.24, 2.45) is 11.1 Å². The normalized spacial score (nSPS) is 19.9. The average molecular weight is 462 g/mol. The van der Waals surface area contributed by atoms with Gasteiger partial charge in [-0.25, -0.2) is 14.7 Å². The number of amides is 1. The zero-order chi connectivity index (χ0) is 22.6. The van der Waals surface area contributed by atoms with Crippen molar-refractivity contribution >= 4 is 27.9 Å². The van der Waals surface area contributed by atoms with Gasteiger partial charge in [-0.2, -0.15) is 8.42 Å². The molecule has 30 heavy (non-hydrogen) atoms. The summed E-state index contributed by atoms with van der Waals surface area (Å²) in [6.07, 6.45) is 1.68. The third-order valence-corrected chi connectivity index (χ3v) is 5.95. The monoisotopic (exact) mass is 461 g/mol. The highest BCUT2D eigenvalue weighted by Gasteiger charge is 2.42. The standard InChI is InChI=1S/C20H32ClN3O5S/c1-19(2,3)29-18(25)24-12-5-8-16(14-24)20(26,10-6-11-23-30(22,27)28)15-7-4-9-17(21)13-15/h4,7,9,13,16,23,26H,5-6,8,10-12,14H2,1-3H3,(H2,22,27,28)/t16?,20-/m1/s1. The van der Waals surface area contributed by atoms with Crippen LogP contribution in [0.3, 0.4) is 0 Å². The van der Waals surface area contributed by atoms with E-state index in [-0.39, 0.29) is 18.9 Å². The molecule has 170 valence electrons. The van der Waals surface area contributed by atoms with E-state index in [0.717, 1.165) is 6.42 Å². The SMILES string of the molecule is CC(C)(C)OC(=O)N1CCCC([C@@](O)(CCCNS(N)(=O)=O)c2cccc(Cl)c2)C1. The van der Waals surface area contributed by atoms with Gasteiger partial charge in [-0.3, -0.25) is 0 Å². The Kier molecular flexibility index (Phi) is 8.15. The molecule has 8 nitrogen and oxygen atoms in total. The van der Waals surface area contributed by atoms with Gasteiger partial charge in [-0.15, -0.1) is 0 Å². The Morgan fingerprint density at radius 1 is 1.40 bits per heavy atom. The number of halogens is 1. The average Bonchev–Trinajstić information content (AvgIpc) is 2.63. The lowest BCUT2D eigenvalue weighted by Crippen LogP contribution is -2.49. The van der Waals surface area contributed by atoms with Crippen molar-refractivity contribution in [3.8, 4) is 0 Å². The van der Waals surface area contributed by atoms with Gasteiger partial charge in [0.25, 0.3) is 10.2 Å². The third-order valence-electron chi connectivity index (χ3n) is 5.11. The number of aliphatic hydroxyl groups is 1. The van der Waals surface area contributed by atoms with Crippen molar-refractivity contribution in [3.05, 3.63) is 34.9 Å². The van der Waals surface area contributed by atoms with E-state index in [2.05, 4.69) is 4.72 Å². The highest BCUT2D eigenvalue weighted by molar-refractivity contribution is 7.87. The van der Waals surface area contributed by atoms with Gasteiger partial charge < -0.3 is 14.7 Å². The predicted octanol–water partition coefficient (Wildman–Crippen LogP) is 2.75. The predicted molar refractivity (Wildman–Crippen MR) is 116 cm³/mol. The highest BCUT2D eigenvalue weighted by atomic mass is 35.5. The molecule has 2 rings (SSSR count). The van der Waals surface area contributed by atoms with Crippen LogP contribution in [0.2, 0.25) is 5.02 Å². The van der Waals surface area contributed by atoms with Gasteiger partial charge >= 0.3 is 6.09 Å². The molecule has 0 radical (unpaired) electrons. The second kappa shape index (κ2) is 9.82. The van der Waals surface area contributed by atoms with Gasteiger partial charge in [-0.1, -0.05) is 23.7 Å². The molecule has 1 amide bonds. The van der Waals surface area contributed by atoms with Crippen LogP contribution in [0.5, 0.6) is 0 Å². The molecule has 1 unspecified atom stereocenters. The number of carbonyl (C=O) groups is 1. The van der Waals surface area contributed by atoms with Crippen LogP contribution >= 0.6 is 11.6 Å². The maximum Gasteiger partial charge on any atom is 0.410 e. The van der Waals surface area contributed by atoms with Gasteiger partial charge in [-0.05, 0) is 64.2 Å². The van der Waals surface area contributed by atoms with Gasteiger partial charge in [0.1, 0.15) is 5.60 Å². The zero-order valence-electron chi connectivity index (χ0n) is 17.7. The van der Waals surface area contributed by atoms with E-state index >= 15 is 0 Å². The summed E-state index contributed by atoms with van der Waals surface area (Å²) in [4.78, 5) is 14.2. The summed E-state index contributed by atoms with van der Waals surface area (Å²) in [5, 5.41) is 17.2. The molecule has 1 aromatic rings. The van der Waals surface area contributed by atoms with Crippen molar-refractivity contribution in [2.45, 2.75) is 57.7 Å². The van der Waals surface area contributed by atoms with Crippen molar-refractivity contribution in [1.82, 2.24) is 9.62 Å². The summed E-state index contributed by atoms with van der Waals surface area (Å²) in [6, 6.07) is 6.99.